The lowest BCUT2D eigenvalue weighted by atomic mass is 9.99. The zero-order valence-corrected chi connectivity index (χ0v) is 14.9. The highest BCUT2D eigenvalue weighted by atomic mass is 16.5. The third-order valence-corrected chi connectivity index (χ3v) is 4.95. The summed E-state index contributed by atoms with van der Waals surface area (Å²) in [6, 6.07) is 15.0. The molecule has 1 aliphatic rings. The fraction of sp³-hybridized carbons (Fsp3) is 0.333. The Bertz CT molecular complexity index is 885. The number of nitrogens with two attached hydrogens (primary N) is 1. The molecule has 1 fully saturated rings. The number of ether oxygens (including phenoxy) is 1. The van der Waals surface area contributed by atoms with Crippen LogP contribution in [0.4, 0.5) is 11.8 Å². The molecule has 4 rings (SSSR count). The molecule has 2 aromatic carbocycles. The first-order chi connectivity index (χ1) is 12.8. The second kappa shape index (κ2) is 7.70. The van der Waals surface area contributed by atoms with Crippen molar-refractivity contribution in [2.75, 3.05) is 36.9 Å². The van der Waals surface area contributed by atoms with Crippen LogP contribution >= 0.6 is 0 Å². The highest BCUT2D eigenvalue weighted by Gasteiger charge is 2.15. The summed E-state index contributed by atoms with van der Waals surface area (Å²) in [6.45, 7) is 3.08. The minimum Gasteiger partial charge on any atom is -0.383 e. The minimum absolute atomic E-state index is 0.597. The van der Waals surface area contributed by atoms with Crippen LogP contribution < -0.4 is 10.6 Å². The van der Waals surface area contributed by atoms with Crippen LogP contribution in [0.3, 0.4) is 0 Å². The Morgan fingerprint density at radius 1 is 0.962 bits per heavy atom. The van der Waals surface area contributed by atoms with Crippen molar-refractivity contribution in [1.82, 2.24) is 9.97 Å². The first-order valence-corrected chi connectivity index (χ1v) is 9.22. The van der Waals surface area contributed by atoms with Crippen LogP contribution in [0.2, 0.25) is 0 Å². The largest absolute Gasteiger partial charge is 0.383 e. The Labute approximate surface area is 153 Å². The number of fused-ring (bicyclic) bond motifs is 1. The van der Waals surface area contributed by atoms with E-state index in [1.165, 1.54) is 16.3 Å². The Kier molecular flexibility index (Phi) is 4.97. The van der Waals surface area contributed by atoms with Gasteiger partial charge in [-0.1, -0.05) is 42.5 Å². The second-order valence-corrected chi connectivity index (χ2v) is 6.67. The third-order valence-electron chi connectivity index (χ3n) is 4.95. The van der Waals surface area contributed by atoms with Crippen molar-refractivity contribution in [3.05, 3.63) is 59.8 Å². The monoisotopic (exact) mass is 348 g/mol. The number of hydrogen-bond acceptors (Lipinski definition) is 5. The van der Waals surface area contributed by atoms with Gasteiger partial charge in [-0.15, -0.1) is 0 Å². The normalized spacial score (nSPS) is 14.7. The van der Waals surface area contributed by atoms with Crippen LogP contribution in [-0.2, 0) is 17.6 Å². The van der Waals surface area contributed by atoms with Crippen LogP contribution in [0.15, 0.2) is 48.7 Å². The molecule has 26 heavy (non-hydrogen) atoms. The average molecular weight is 348 g/mol. The first-order valence-electron chi connectivity index (χ1n) is 9.22. The van der Waals surface area contributed by atoms with E-state index in [9.17, 15) is 0 Å². The van der Waals surface area contributed by atoms with E-state index in [1.807, 2.05) is 6.20 Å². The SMILES string of the molecule is Nc1nc(N2CCOCC2)ncc1CCCc1cccc2ccccc12. The van der Waals surface area contributed by atoms with Gasteiger partial charge in [0.05, 0.1) is 13.2 Å². The maximum atomic E-state index is 6.19. The molecule has 134 valence electrons. The molecule has 1 aromatic heterocycles. The van der Waals surface area contributed by atoms with Gasteiger partial charge in [-0.25, -0.2) is 4.98 Å². The summed E-state index contributed by atoms with van der Waals surface area (Å²) < 4.78 is 5.37. The van der Waals surface area contributed by atoms with Crippen molar-refractivity contribution in [1.29, 1.82) is 0 Å². The smallest absolute Gasteiger partial charge is 0.227 e. The number of hydrogen-bond donors (Lipinski definition) is 1. The molecule has 5 nitrogen and oxygen atoms in total. The Morgan fingerprint density at radius 3 is 2.58 bits per heavy atom. The Hall–Kier alpha value is -2.66. The second-order valence-electron chi connectivity index (χ2n) is 6.67. The van der Waals surface area contributed by atoms with E-state index in [2.05, 4.69) is 57.3 Å². The van der Waals surface area contributed by atoms with Crippen LogP contribution in [-0.4, -0.2) is 36.3 Å². The number of aromatic nitrogens is 2. The van der Waals surface area contributed by atoms with E-state index in [0.717, 1.165) is 51.1 Å². The maximum Gasteiger partial charge on any atom is 0.227 e. The molecule has 0 unspecified atom stereocenters. The Morgan fingerprint density at radius 2 is 1.73 bits per heavy atom. The predicted octanol–water partition coefficient (Wildman–Crippen LogP) is 3.22. The minimum atomic E-state index is 0.597. The summed E-state index contributed by atoms with van der Waals surface area (Å²) in [7, 11) is 0. The zero-order chi connectivity index (χ0) is 17.8. The fourth-order valence-corrected chi connectivity index (χ4v) is 3.50. The van der Waals surface area contributed by atoms with Crippen molar-refractivity contribution in [3.8, 4) is 0 Å². The highest BCUT2D eigenvalue weighted by Crippen LogP contribution is 2.21. The Balaban J connectivity index is 1.41. The van der Waals surface area contributed by atoms with Gasteiger partial charge in [-0.2, -0.15) is 4.98 Å². The summed E-state index contributed by atoms with van der Waals surface area (Å²) in [5, 5.41) is 2.63. The van der Waals surface area contributed by atoms with Crippen LogP contribution in [0.1, 0.15) is 17.5 Å². The summed E-state index contributed by atoms with van der Waals surface area (Å²) in [6.07, 6.45) is 4.82. The van der Waals surface area contributed by atoms with E-state index in [4.69, 9.17) is 10.5 Å². The fourth-order valence-electron chi connectivity index (χ4n) is 3.50. The molecule has 0 atom stereocenters. The number of nitrogen functional groups attached to an aromatic ring is 1. The summed E-state index contributed by atoms with van der Waals surface area (Å²) in [5.41, 5.74) is 8.60. The van der Waals surface area contributed by atoms with Crippen LogP contribution in [0.25, 0.3) is 10.8 Å². The molecule has 0 spiro atoms. The zero-order valence-electron chi connectivity index (χ0n) is 14.9. The van der Waals surface area contributed by atoms with Crippen molar-refractivity contribution in [2.24, 2.45) is 0 Å². The summed E-state index contributed by atoms with van der Waals surface area (Å²) >= 11 is 0. The van der Waals surface area contributed by atoms with Crippen LogP contribution in [0.5, 0.6) is 0 Å². The van der Waals surface area contributed by atoms with Gasteiger partial charge in [0, 0.05) is 24.8 Å². The first kappa shape index (κ1) is 16.8. The van der Waals surface area contributed by atoms with Crippen LogP contribution in [0, 0.1) is 0 Å². The summed E-state index contributed by atoms with van der Waals surface area (Å²) in [4.78, 5) is 11.2. The van der Waals surface area contributed by atoms with E-state index >= 15 is 0 Å². The maximum absolute atomic E-state index is 6.19. The average Bonchev–Trinajstić information content (AvgIpc) is 2.70. The van der Waals surface area contributed by atoms with Gasteiger partial charge in [0.1, 0.15) is 5.82 Å². The van der Waals surface area contributed by atoms with E-state index in [-0.39, 0.29) is 0 Å². The van der Waals surface area contributed by atoms with Gasteiger partial charge in [-0.05, 0) is 35.6 Å². The molecule has 1 saturated heterocycles. The van der Waals surface area contributed by atoms with Crippen molar-refractivity contribution in [3.63, 3.8) is 0 Å². The lowest BCUT2D eigenvalue weighted by Crippen LogP contribution is -2.37. The third kappa shape index (κ3) is 3.63. The molecule has 2 N–H and O–H groups in total. The lowest BCUT2D eigenvalue weighted by molar-refractivity contribution is 0.122. The van der Waals surface area contributed by atoms with Gasteiger partial charge in [-0.3, -0.25) is 0 Å². The van der Waals surface area contributed by atoms with E-state index < -0.39 is 0 Å². The topological polar surface area (TPSA) is 64.3 Å². The number of rotatable bonds is 5. The van der Waals surface area contributed by atoms with Gasteiger partial charge in [0.25, 0.3) is 0 Å². The van der Waals surface area contributed by atoms with Gasteiger partial charge in [0.15, 0.2) is 0 Å². The van der Waals surface area contributed by atoms with E-state index in [0.29, 0.717) is 11.8 Å². The van der Waals surface area contributed by atoms with Crippen molar-refractivity contribution < 1.29 is 4.74 Å². The number of nitrogens with zero attached hydrogens (tertiary/aromatic N) is 3. The molecule has 0 amide bonds. The predicted molar refractivity (Wildman–Crippen MR) is 105 cm³/mol. The molecule has 1 aliphatic heterocycles. The molecule has 0 aliphatic carbocycles. The molecule has 2 heterocycles. The van der Waals surface area contributed by atoms with Gasteiger partial charge < -0.3 is 15.4 Å². The van der Waals surface area contributed by atoms with E-state index in [1.54, 1.807) is 0 Å². The molecule has 0 radical (unpaired) electrons. The molecule has 0 bridgehead atoms. The lowest BCUT2D eigenvalue weighted by Gasteiger charge is -2.26. The molecule has 3 aromatic rings. The van der Waals surface area contributed by atoms with Gasteiger partial charge >= 0.3 is 0 Å². The molecular weight excluding hydrogens is 324 g/mol. The van der Waals surface area contributed by atoms with Crippen molar-refractivity contribution in [2.45, 2.75) is 19.3 Å². The number of anilines is 2. The molecule has 5 heteroatoms. The molecule has 0 saturated carbocycles. The molecular formula is C21H24N4O. The number of benzene rings is 2. The number of morpholine rings is 1. The summed E-state index contributed by atoms with van der Waals surface area (Å²) in [5.74, 6) is 1.31. The number of aryl methyl sites for hydroxylation is 2. The van der Waals surface area contributed by atoms with Gasteiger partial charge in [0.2, 0.25) is 5.95 Å². The van der Waals surface area contributed by atoms with Crippen molar-refractivity contribution >= 4 is 22.5 Å². The highest BCUT2D eigenvalue weighted by molar-refractivity contribution is 5.85. The quantitative estimate of drug-likeness (QED) is 0.767. The standard InChI is InChI=1S/C21H24N4O/c22-20-18(15-23-21(24-20)25-11-13-26-14-12-25)9-4-8-17-7-3-6-16-5-1-2-10-19(16)17/h1-3,5-7,10,15H,4,8-9,11-14H2,(H2,22,23,24).